The van der Waals surface area contributed by atoms with Crippen LogP contribution in [0.5, 0.6) is 0 Å². The molecule has 1 aliphatic carbocycles. The zero-order valence-electron chi connectivity index (χ0n) is 6.88. The lowest BCUT2D eigenvalue weighted by Crippen LogP contribution is -2.12. The van der Waals surface area contributed by atoms with Gasteiger partial charge in [0.15, 0.2) is 0 Å². The first-order chi connectivity index (χ1) is 5.36. The highest BCUT2D eigenvalue weighted by Crippen LogP contribution is 2.22. The molecular weight excluding hydrogens is 140 g/mol. The Morgan fingerprint density at radius 1 is 1.82 bits per heavy atom. The average Bonchev–Trinajstić information content (AvgIpc) is 2.06. The topological polar surface area (TPSA) is 26.3 Å². The second-order valence-corrected chi connectivity index (χ2v) is 3.00. The van der Waals surface area contributed by atoms with Crippen molar-refractivity contribution in [2.45, 2.75) is 19.3 Å². The molecule has 2 heteroatoms. The van der Waals surface area contributed by atoms with Crippen molar-refractivity contribution in [3.63, 3.8) is 0 Å². The molecule has 62 valence electrons. The van der Waals surface area contributed by atoms with Gasteiger partial charge in [0.05, 0.1) is 0 Å². The monoisotopic (exact) mass is 154 g/mol. The van der Waals surface area contributed by atoms with Gasteiger partial charge in [-0.15, -0.1) is 0 Å². The largest absolute Gasteiger partial charge is 0.384 e. The molecule has 2 nitrogen and oxygen atoms in total. The van der Waals surface area contributed by atoms with Gasteiger partial charge in [0, 0.05) is 13.7 Å². The van der Waals surface area contributed by atoms with Crippen molar-refractivity contribution in [3.05, 3.63) is 11.6 Å². The van der Waals surface area contributed by atoms with Crippen molar-refractivity contribution in [3.8, 4) is 0 Å². The molecular formula is C9H14O2. The molecule has 1 atom stereocenters. The molecule has 11 heavy (non-hydrogen) atoms. The van der Waals surface area contributed by atoms with Crippen molar-refractivity contribution in [1.29, 1.82) is 0 Å². The molecule has 0 radical (unpaired) electrons. The van der Waals surface area contributed by atoms with E-state index in [2.05, 4.69) is 0 Å². The third-order valence-electron chi connectivity index (χ3n) is 2.06. The van der Waals surface area contributed by atoms with E-state index in [1.807, 2.05) is 6.08 Å². The van der Waals surface area contributed by atoms with Crippen LogP contribution in [0.3, 0.4) is 0 Å². The minimum atomic E-state index is 0.560. The lowest BCUT2D eigenvalue weighted by Gasteiger charge is -2.18. The van der Waals surface area contributed by atoms with Crippen LogP contribution in [0.15, 0.2) is 11.6 Å². The van der Waals surface area contributed by atoms with Crippen LogP contribution < -0.4 is 0 Å². The van der Waals surface area contributed by atoms with Crippen molar-refractivity contribution >= 4 is 6.29 Å². The quantitative estimate of drug-likeness (QED) is 0.576. The van der Waals surface area contributed by atoms with Crippen LogP contribution in [0.4, 0.5) is 0 Å². The van der Waals surface area contributed by atoms with Crippen LogP contribution in [0.25, 0.3) is 0 Å². The SMILES string of the molecule is COCC1CCC=C(C=O)C1. The smallest absolute Gasteiger partial charge is 0.145 e. The number of methoxy groups -OCH3 is 1. The van der Waals surface area contributed by atoms with E-state index in [1.165, 1.54) is 0 Å². The number of aldehydes is 1. The summed E-state index contributed by atoms with van der Waals surface area (Å²) in [5.74, 6) is 0.560. The Morgan fingerprint density at radius 3 is 3.27 bits per heavy atom. The first-order valence-corrected chi connectivity index (χ1v) is 4.00. The Hall–Kier alpha value is -0.630. The lowest BCUT2D eigenvalue weighted by atomic mass is 9.90. The Morgan fingerprint density at radius 2 is 2.64 bits per heavy atom. The number of carbonyl (C=O) groups excluding carboxylic acids is 1. The van der Waals surface area contributed by atoms with Gasteiger partial charge < -0.3 is 4.74 Å². The zero-order valence-corrected chi connectivity index (χ0v) is 6.88. The van der Waals surface area contributed by atoms with Gasteiger partial charge in [-0.05, 0) is 30.8 Å². The number of rotatable bonds is 3. The Balaban J connectivity index is 2.39. The highest BCUT2D eigenvalue weighted by atomic mass is 16.5. The van der Waals surface area contributed by atoms with E-state index in [0.29, 0.717) is 5.92 Å². The third kappa shape index (κ3) is 2.46. The summed E-state index contributed by atoms with van der Waals surface area (Å²) in [7, 11) is 1.71. The first-order valence-electron chi connectivity index (χ1n) is 4.00. The molecule has 1 aliphatic rings. The predicted octanol–water partition coefficient (Wildman–Crippen LogP) is 1.56. The number of allylic oxidation sites excluding steroid dienone is 2. The highest BCUT2D eigenvalue weighted by Gasteiger charge is 2.14. The minimum absolute atomic E-state index is 0.560. The fourth-order valence-corrected chi connectivity index (χ4v) is 1.50. The molecule has 0 bridgehead atoms. The Bertz CT molecular complexity index is 161. The van der Waals surface area contributed by atoms with Gasteiger partial charge in [0.2, 0.25) is 0 Å². The summed E-state index contributed by atoms with van der Waals surface area (Å²) in [5.41, 5.74) is 0.943. The molecule has 0 aromatic carbocycles. The van der Waals surface area contributed by atoms with Crippen LogP contribution >= 0.6 is 0 Å². The van der Waals surface area contributed by atoms with Crippen LogP contribution in [0.2, 0.25) is 0 Å². The minimum Gasteiger partial charge on any atom is -0.384 e. The van der Waals surface area contributed by atoms with Crippen LogP contribution in [0, 0.1) is 5.92 Å². The molecule has 0 amide bonds. The fourth-order valence-electron chi connectivity index (χ4n) is 1.50. The summed E-state index contributed by atoms with van der Waals surface area (Å²) >= 11 is 0. The average molecular weight is 154 g/mol. The molecule has 0 N–H and O–H groups in total. The van der Waals surface area contributed by atoms with Crippen molar-refractivity contribution in [1.82, 2.24) is 0 Å². The number of hydrogen-bond acceptors (Lipinski definition) is 2. The van der Waals surface area contributed by atoms with E-state index < -0.39 is 0 Å². The molecule has 0 saturated carbocycles. The summed E-state index contributed by atoms with van der Waals surface area (Å²) in [4.78, 5) is 10.4. The highest BCUT2D eigenvalue weighted by molar-refractivity contribution is 5.73. The summed E-state index contributed by atoms with van der Waals surface area (Å²) < 4.78 is 5.03. The van der Waals surface area contributed by atoms with Crippen molar-refractivity contribution < 1.29 is 9.53 Å². The van der Waals surface area contributed by atoms with E-state index in [4.69, 9.17) is 4.74 Å². The van der Waals surface area contributed by atoms with E-state index in [9.17, 15) is 4.79 Å². The molecule has 0 aromatic rings. The fraction of sp³-hybridized carbons (Fsp3) is 0.667. The van der Waals surface area contributed by atoms with E-state index in [1.54, 1.807) is 7.11 Å². The van der Waals surface area contributed by atoms with Crippen molar-refractivity contribution in [2.24, 2.45) is 5.92 Å². The standard InChI is InChI=1S/C9H14O2/c1-11-7-9-4-2-3-8(5-9)6-10/h3,6,9H,2,4-5,7H2,1H3. The van der Waals surface area contributed by atoms with Gasteiger partial charge in [0.25, 0.3) is 0 Å². The summed E-state index contributed by atoms with van der Waals surface area (Å²) in [6.07, 6.45) is 6.08. The normalized spacial score (nSPS) is 24.5. The van der Waals surface area contributed by atoms with Gasteiger partial charge in [-0.3, -0.25) is 4.79 Å². The maximum Gasteiger partial charge on any atom is 0.145 e. The molecule has 0 aromatic heterocycles. The Labute approximate surface area is 67.2 Å². The van der Waals surface area contributed by atoms with Crippen LogP contribution in [0.1, 0.15) is 19.3 Å². The third-order valence-corrected chi connectivity index (χ3v) is 2.06. The molecule has 0 saturated heterocycles. The molecule has 1 rings (SSSR count). The maximum atomic E-state index is 10.4. The van der Waals surface area contributed by atoms with E-state index in [-0.39, 0.29) is 0 Å². The molecule has 0 aliphatic heterocycles. The van der Waals surface area contributed by atoms with E-state index >= 15 is 0 Å². The van der Waals surface area contributed by atoms with Crippen LogP contribution in [-0.4, -0.2) is 20.0 Å². The van der Waals surface area contributed by atoms with Gasteiger partial charge in [0.1, 0.15) is 6.29 Å². The zero-order chi connectivity index (χ0) is 8.10. The lowest BCUT2D eigenvalue weighted by molar-refractivity contribution is -0.105. The number of hydrogen-bond donors (Lipinski definition) is 0. The second kappa shape index (κ2) is 4.29. The van der Waals surface area contributed by atoms with Gasteiger partial charge in [-0.2, -0.15) is 0 Å². The Kier molecular flexibility index (Phi) is 3.30. The summed E-state index contributed by atoms with van der Waals surface area (Å²) in [5, 5.41) is 0. The van der Waals surface area contributed by atoms with Gasteiger partial charge in [-0.1, -0.05) is 6.08 Å². The van der Waals surface area contributed by atoms with Crippen molar-refractivity contribution in [2.75, 3.05) is 13.7 Å². The summed E-state index contributed by atoms with van der Waals surface area (Å²) in [6, 6.07) is 0. The molecule has 0 heterocycles. The number of carbonyl (C=O) groups is 1. The molecule has 0 fully saturated rings. The molecule has 0 spiro atoms. The summed E-state index contributed by atoms with van der Waals surface area (Å²) in [6.45, 7) is 0.783. The molecule has 1 unspecified atom stereocenters. The second-order valence-electron chi connectivity index (χ2n) is 3.00. The van der Waals surface area contributed by atoms with Gasteiger partial charge >= 0.3 is 0 Å². The van der Waals surface area contributed by atoms with E-state index in [0.717, 1.165) is 37.7 Å². The maximum absolute atomic E-state index is 10.4. The predicted molar refractivity (Wildman–Crippen MR) is 43.4 cm³/mol. The van der Waals surface area contributed by atoms with Crippen LogP contribution in [-0.2, 0) is 9.53 Å². The van der Waals surface area contributed by atoms with Gasteiger partial charge in [-0.25, -0.2) is 0 Å². The number of ether oxygens (including phenoxy) is 1. The first kappa shape index (κ1) is 8.47.